The molecule has 5 saturated carbocycles. The second kappa shape index (κ2) is 13.4. The van der Waals surface area contributed by atoms with Gasteiger partial charge < -0.3 is 34.1 Å². The monoisotopic (exact) mass is 731 g/mol. The normalized spacial score (nSPS) is 45.6. The summed E-state index contributed by atoms with van der Waals surface area (Å²) in [6, 6.07) is 0. The fourth-order valence-electron chi connectivity index (χ4n) is 15.1. The molecule has 2 saturated heterocycles. The van der Waals surface area contributed by atoms with Crippen molar-refractivity contribution in [2.24, 2.45) is 56.7 Å². The first-order valence-electron chi connectivity index (χ1n) is 21.5. The molecule has 2 spiro atoms. The summed E-state index contributed by atoms with van der Waals surface area (Å²) in [5, 5.41) is 23.3. The molecule has 300 valence electrons. The van der Waals surface area contributed by atoms with Gasteiger partial charge in [-0.2, -0.15) is 0 Å². The molecule has 2 aliphatic heterocycles. The average molecular weight is 731 g/mol. The van der Waals surface area contributed by atoms with Gasteiger partial charge in [0.2, 0.25) is 0 Å². The first-order chi connectivity index (χ1) is 24.2. The molecule has 13 atom stereocenters. The van der Waals surface area contributed by atoms with E-state index in [1.165, 1.54) is 51.6 Å². The van der Waals surface area contributed by atoms with Crippen LogP contribution in [0.5, 0.6) is 0 Å². The molecule has 0 radical (unpaired) electrons. The highest BCUT2D eigenvalue weighted by molar-refractivity contribution is 5.31. The van der Waals surface area contributed by atoms with Gasteiger partial charge in [-0.05, 0) is 145 Å². The molecule has 0 aromatic rings. The molecular formula is C44H78N2O6. The summed E-state index contributed by atoms with van der Waals surface area (Å²) < 4.78 is 25.6. The lowest BCUT2D eigenvalue weighted by molar-refractivity contribution is -0.256. The van der Waals surface area contributed by atoms with Gasteiger partial charge in [0.1, 0.15) is 6.10 Å². The molecule has 8 nitrogen and oxygen atoms in total. The molecule has 7 fully saturated rings. The second-order valence-corrected chi connectivity index (χ2v) is 21.5. The van der Waals surface area contributed by atoms with Crippen LogP contribution in [0.15, 0.2) is 0 Å². The third-order valence-corrected chi connectivity index (χ3v) is 18.4. The fourth-order valence-corrected chi connectivity index (χ4v) is 15.1. The van der Waals surface area contributed by atoms with Crippen LogP contribution in [0.2, 0.25) is 0 Å². The number of fused-ring (bicyclic) bond motifs is 2. The van der Waals surface area contributed by atoms with E-state index in [-0.39, 0.29) is 52.5 Å². The number of aliphatic hydroxyl groups is 2. The van der Waals surface area contributed by atoms with Gasteiger partial charge >= 0.3 is 0 Å². The highest BCUT2D eigenvalue weighted by Gasteiger charge is 2.83. The maximum atomic E-state index is 12.3. The topological polar surface area (TPSA) is 83.9 Å². The molecule has 0 bridgehead atoms. The van der Waals surface area contributed by atoms with E-state index in [1.807, 2.05) is 20.8 Å². The average Bonchev–Trinajstić information content (AvgIpc) is 3.68. The highest BCUT2D eigenvalue weighted by Crippen LogP contribution is 2.89. The second-order valence-electron chi connectivity index (χ2n) is 21.5. The number of aliphatic hydroxyl groups excluding tert-OH is 1. The Hall–Kier alpha value is -0.320. The van der Waals surface area contributed by atoms with Crippen LogP contribution >= 0.6 is 0 Å². The summed E-state index contributed by atoms with van der Waals surface area (Å²) >= 11 is 0. The highest BCUT2D eigenvalue weighted by atomic mass is 16.7. The summed E-state index contributed by atoms with van der Waals surface area (Å²) in [4.78, 5) is 5.08. The van der Waals surface area contributed by atoms with Crippen LogP contribution < -0.4 is 0 Å². The SMILES string of the molecule is CCO[C@@H](C(C[C@@H](C)[C@H]1C[C@H](O)[C@@]2(C)C3CC[C@H]4C(C)(C)[C@@H](O[C@H]5CN(C(C)(C)C6CN(C)C6)CCO5)CC[C@@]45C[C@@]35CC[C@]12C)OC)C(C)(C)O. The first kappa shape index (κ1) is 39.9. The number of nitrogens with zero attached hydrogens (tertiary/aromatic N) is 2. The summed E-state index contributed by atoms with van der Waals surface area (Å²) in [6.45, 7) is 28.5. The number of methoxy groups -OCH3 is 1. The molecule has 2 heterocycles. The van der Waals surface area contributed by atoms with Gasteiger partial charge in [-0.15, -0.1) is 0 Å². The van der Waals surface area contributed by atoms with Crippen LogP contribution in [0, 0.1) is 56.7 Å². The molecule has 2 unspecified atom stereocenters. The molecule has 0 aromatic heterocycles. The van der Waals surface area contributed by atoms with Crippen LogP contribution in [0.3, 0.4) is 0 Å². The number of likely N-dealkylation sites (tertiary alicyclic amines) is 1. The predicted molar refractivity (Wildman–Crippen MR) is 206 cm³/mol. The van der Waals surface area contributed by atoms with E-state index in [0.29, 0.717) is 47.0 Å². The fraction of sp³-hybridized carbons (Fsp3) is 1.00. The number of morpholine rings is 1. The zero-order chi connectivity index (χ0) is 37.9. The zero-order valence-electron chi connectivity index (χ0n) is 35.3. The van der Waals surface area contributed by atoms with Crippen LogP contribution in [0.25, 0.3) is 0 Å². The Morgan fingerprint density at radius 3 is 2.25 bits per heavy atom. The number of hydrogen-bond donors (Lipinski definition) is 2. The first-order valence-corrected chi connectivity index (χ1v) is 21.5. The van der Waals surface area contributed by atoms with E-state index in [1.54, 1.807) is 7.11 Å². The lowest BCUT2D eigenvalue weighted by Gasteiger charge is -2.64. The van der Waals surface area contributed by atoms with Crippen LogP contribution in [-0.4, -0.2) is 115 Å². The Morgan fingerprint density at radius 1 is 0.942 bits per heavy atom. The Kier molecular flexibility index (Phi) is 10.3. The molecule has 0 amide bonds. The Labute approximate surface area is 317 Å². The molecule has 7 aliphatic rings. The molecule has 2 N–H and O–H groups in total. The van der Waals surface area contributed by atoms with E-state index >= 15 is 0 Å². The van der Waals surface area contributed by atoms with Crippen molar-refractivity contribution in [3.63, 3.8) is 0 Å². The molecule has 52 heavy (non-hydrogen) atoms. The van der Waals surface area contributed by atoms with Crippen molar-refractivity contribution >= 4 is 0 Å². The standard InChI is InChI=1S/C44H78N2O6/c1-13-50-37(40(7,8)48)31(49-12)22-28(2)30-23-34(47)42(10)33-15-14-32-38(3,4)35(16-17-43(32)27-44(33,43)19-18-41(30,42)9)52-36-26-46(20-21-51-36)39(5,6)29-24-45(11)25-29/h28-37,47-48H,13-27H2,1-12H3/t28-,30-,31?,32+,33?,34+,35+,36+,37+,41-,42-,43-,44+/m1/s1. The number of rotatable bonds is 12. The van der Waals surface area contributed by atoms with E-state index in [9.17, 15) is 10.2 Å². The van der Waals surface area contributed by atoms with Gasteiger partial charge in [0, 0.05) is 50.2 Å². The summed E-state index contributed by atoms with van der Waals surface area (Å²) in [5.74, 6) is 2.67. The zero-order valence-corrected chi connectivity index (χ0v) is 35.3. The smallest absolute Gasteiger partial charge is 0.170 e. The molecular weight excluding hydrogens is 652 g/mol. The van der Waals surface area contributed by atoms with Gasteiger partial charge in [0.15, 0.2) is 6.29 Å². The van der Waals surface area contributed by atoms with Gasteiger partial charge in [-0.3, -0.25) is 4.90 Å². The maximum absolute atomic E-state index is 12.3. The summed E-state index contributed by atoms with van der Waals surface area (Å²) in [5.41, 5.74) is -0.0618. The Balaban J connectivity index is 1.05. The van der Waals surface area contributed by atoms with Crippen LogP contribution in [0.4, 0.5) is 0 Å². The van der Waals surface area contributed by atoms with E-state index in [0.717, 1.165) is 39.0 Å². The van der Waals surface area contributed by atoms with Crippen LogP contribution in [-0.2, 0) is 18.9 Å². The van der Waals surface area contributed by atoms with Crippen molar-refractivity contribution in [2.75, 3.05) is 53.6 Å². The number of hydrogen-bond acceptors (Lipinski definition) is 8. The predicted octanol–water partition coefficient (Wildman–Crippen LogP) is 7.00. The van der Waals surface area contributed by atoms with Crippen molar-refractivity contribution in [3.05, 3.63) is 0 Å². The van der Waals surface area contributed by atoms with Gasteiger partial charge in [-0.25, -0.2) is 0 Å². The molecule has 5 aliphatic carbocycles. The quantitative estimate of drug-likeness (QED) is 0.222. The molecule has 8 heteroatoms. The van der Waals surface area contributed by atoms with Crippen molar-refractivity contribution < 1.29 is 29.2 Å². The van der Waals surface area contributed by atoms with Gasteiger partial charge in [0.05, 0.1) is 37.1 Å². The van der Waals surface area contributed by atoms with Crippen molar-refractivity contribution in [2.45, 2.75) is 169 Å². The minimum absolute atomic E-state index is 0.0647. The Morgan fingerprint density at radius 2 is 1.62 bits per heavy atom. The van der Waals surface area contributed by atoms with Crippen molar-refractivity contribution in [1.82, 2.24) is 9.80 Å². The lowest BCUT2D eigenvalue weighted by atomic mass is 9.41. The van der Waals surface area contributed by atoms with E-state index in [4.69, 9.17) is 18.9 Å². The largest absolute Gasteiger partial charge is 0.393 e. The molecule has 7 rings (SSSR count). The van der Waals surface area contributed by atoms with E-state index in [2.05, 4.69) is 65.3 Å². The summed E-state index contributed by atoms with van der Waals surface area (Å²) in [6.07, 6.45) is 9.53. The third kappa shape index (κ3) is 5.78. The maximum Gasteiger partial charge on any atom is 0.170 e. The van der Waals surface area contributed by atoms with Crippen molar-refractivity contribution in [3.8, 4) is 0 Å². The lowest BCUT2D eigenvalue weighted by Crippen LogP contribution is -2.64. The minimum atomic E-state index is -0.994. The van der Waals surface area contributed by atoms with Crippen molar-refractivity contribution in [1.29, 1.82) is 0 Å². The minimum Gasteiger partial charge on any atom is -0.393 e. The van der Waals surface area contributed by atoms with Crippen LogP contribution in [0.1, 0.15) is 127 Å². The third-order valence-electron chi connectivity index (χ3n) is 18.4. The molecule has 0 aromatic carbocycles. The van der Waals surface area contributed by atoms with E-state index < -0.39 is 5.60 Å². The van der Waals surface area contributed by atoms with Gasteiger partial charge in [0.25, 0.3) is 0 Å². The Bertz CT molecular complexity index is 1300. The summed E-state index contributed by atoms with van der Waals surface area (Å²) in [7, 11) is 3.99. The number of ether oxygens (including phenoxy) is 4. The van der Waals surface area contributed by atoms with Gasteiger partial charge in [-0.1, -0.05) is 34.6 Å².